The van der Waals surface area contributed by atoms with E-state index in [0.717, 1.165) is 29.7 Å². The van der Waals surface area contributed by atoms with Crippen LogP contribution in [0.1, 0.15) is 99.9 Å². The van der Waals surface area contributed by atoms with E-state index in [1.54, 1.807) is 6.92 Å². The molecule has 2 rings (SSSR count). The number of nitrogens with zero attached hydrogens (tertiary/aromatic N) is 1. The number of aryl methyl sites for hydroxylation is 1. The van der Waals surface area contributed by atoms with Gasteiger partial charge in [-0.3, -0.25) is 4.79 Å². The first-order valence-electron chi connectivity index (χ1n) is 13.6. The van der Waals surface area contributed by atoms with E-state index in [0.29, 0.717) is 38.1 Å². The van der Waals surface area contributed by atoms with E-state index in [2.05, 4.69) is 16.7 Å². The van der Waals surface area contributed by atoms with Crippen molar-refractivity contribution in [3.05, 3.63) is 57.1 Å². The maximum Gasteiger partial charge on any atom is 0.432 e. The van der Waals surface area contributed by atoms with Crippen molar-refractivity contribution in [2.45, 2.75) is 86.0 Å². The summed E-state index contributed by atoms with van der Waals surface area (Å²) in [4.78, 5) is 40.9. The van der Waals surface area contributed by atoms with E-state index >= 15 is 0 Å². The Balaban J connectivity index is 2.11. The Morgan fingerprint density at radius 3 is 2.51 bits per heavy atom. The Morgan fingerprint density at radius 2 is 1.90 bits per heavy atom. The molecule has 1 heterocycles. The minimum atomic E-state index is -0.832. The zero-order valence-electron chi connectivity index (χ0n) is 24.3. The van der Waals surface area contributed by atoms with Crippen LogP contribution in [-0.2, 0) is 11.2 Å². The van der Waals surface area contributed by atoms with E-state index in [1.165, 1.54) is 19.4 Å². The molecular weight excluding hydrogens is 498 g/mol. The average Bonchev–Trinajstić information content (AvgIpc) is 2.88. The highest BCUT2D eigenvalue weighted by Crippen LogP contribution is 2.36. The number of hydrogen-bond donors (Lipinski definition) is 1. The van der Waals surface area contributed by atoms with Crippen molar-refractivity contribution in [2.24, 2.45) is 16.3 Å². The van der Waals surface area contributed by atoms with Gasteiger partial charge in [0, 0.05) is 24.1 Å². The predicted octanol–water partition coefficient (Wildman–Crippen LogP) is 7.03. The number of carbonyl (C=O) groups excluding carboxylic acids is 2. The largest absolute Gasteiger partial charge is 0.507 e. The first-order chi connectivity index (χ1) is 18.4. The van der Waals surface area contributed by atoms with Gasteiger partial charge in [-0.05, 0) is 67.7 Å². The molecule has 1 aromatic heterocycles. The summed E-state index contributed by atoms with van der Waals surface area (Å²) >= 11 is 0. The quantitative estimate of drug-likeness (QED) is 0.155. The van der Waals surface area contributed by atoms with Gasteiger partial charge in [0.2, 0.25) is 0 Å². The third kappa shape index (κ3) is 9.08. The fourth-order valence-corrected chi connectivity index (χ4v) is 4.32. The molecule has 0 saturated heterocycles. The fourth-order valence-electron chi connectivity index (χ4n) is 4.32. The SMILES string of the molecule is CCCCOc1ccc(CC(C)(C)C(C)C(=O)c2c(O)cc(C(C)CCCC=NC(=O)OC)oc2=O)c(C)c1. The molecule has 2 atom stereocenters. The smallest absolute Gasteiger partial charge is 0.432 e. The molecule has 2 unspecified atom stereocenters. The first kappa shape index (κ1) is 31.8. The zero-order valence-corrected chi connectivity index (χ0v) is 24.3. The molecule has 214 valence electrons. The third-order valence-corrected chi connectivity index (χ3v) is 7.32. The van der Waals surface area contributed by atoms with E-state index in [4.69, 9.17) is 9.15 Å². The Labute approximate surface area is 231 Å². The monoisotopic (exact) mass is 541 g/mol. The van der Waals surface area contributed by atoms with Crippen molar-refractivity contribution >= 4 is 18.1 Å². The molecule has 0 aliphatic rings. The lowest BCUT2D eigenvalue weighted by Crippen LogP contribution is -2.33. The molecule has 39 heavy (non-hydrogen) atoms. The number of hydrogen-bond acceptors (Lipinski definition) is 7. The van der Waals surface area contributed by atoms with E-state index < -0.39 is 28.8 Å². The Kier molecular flexibility index (Phi) is 11.9. The predicted molar refractivity (Wildman–Crippen MR) is 152 cm³/mol. The number of aromatic hydroxyl groups is 1. The molecule has 0 radical (unpaired) electrons. The van der Waals surface area contributed by atoms with Crippen LogP contribution in [0.4, 0.5) is 4.79 Å². The summed E-state index contributed by atoms with van der Waals surface area (Å²) in [5, 5.41) is 10.7. The van der Waals surface area contributed by atoms with Gasteiger partial charge < -0.3 is 19.0 Å². The van der Waals surface area contributed by atoms with Crippen molar-refractivity contribution in [3.63, 3.8) is 0 Å². The van der Waals surface area contributed by atoms with Gasteiger partial charge in [0.1, 0.15) is 22.8 Å². The Bertz CT molecular complexity index is 1210. The summed E-state index contributed by atoms with van der Waals surface area (Å²) in [6, 6.07) is 7.36. The van der Waals surface area contributed by atoms with Crippen LogP contribution in [0.5, 0.6) is 11.5 Å². The standard InChI is InChI=1S/C31H43NO7/c1-8-9-16-38-24-14-13-23(21(3)17-24)19-31(5,6)22(4)28(34)27-25(33)18-26(39-29(27)35)20(2)12-10-11-15-32-30(36)37-7/h13-15,17-18,20,22,33H,8-12,16,19H2,1-7H3. The Hall–Kier alpha value is -3.42. The highest BCUT2D eigenvalue weighted by molar-refractivity contribution is 6.00. The van der Waals surface area contributed by atoms with E-state index in [1.807, 2.05) is 45.9 Å². The van der Waals surface area contributed by atoms with Crippen LogP contribution in [-0.4, -0.2) is 36.9 Å². The van der Waals surface area contributed by atoms with Crippen LogP contribution < -0.4 is 10.4 Å². The van der Waals surface area contributed by atoms with E-state index in [9.17, 15) is 19.5 Å². The zero-order chi connectivity index (χ0) is 29.2. The second-order valence-electron chi connectivity index (χ2n) is 10.9. The number of rotatable bonds is 14. The molecular formula is C31H43NO7. The van der Waals surface area contributed by atoms with Gasteiger partial charge in [-0.2, -0.15) is 4.99 Å². The van der Waals surface area contributed by atoms with Gasteiger partial charge in [0.25, 0.3) is 0 Å². The van der Waals surface area contributed by atoms with Crippen molar-refractivity contribution in [2.75, 3.05) is 13.7 Å². The third-order valence-electron chi connectivity index (χ3n) is 7.32. The number of methoxy groups -OCH3 is 1. The maximum atomic E-state index is 13.4. The van der Waals surface area contributed by atoms with Gasteiger partial charge in [-0.15, -0.1) is 0 Å². The molecule has 0 bridgehead atoms. The van der Waals surface area contributed by atoms with Gasteiger partial charge in [0.15, 0.2) is 5.78 Å². The molecule has 1 N–H and O–H groups in total. The van der Waals surface area contributed by atoms with Crippen LogP contribution in [0.3, 0.4) is 0 Å². The van der Waals surface area contributed by atoms with E-state index in [-0.39, 0.29) is 17.2 Å². The summed E-state index contributed by atoms with van der Waals surface area (Å²) in [6.07, 6.45) is 5.38. The summed E-state index contributed by atoms with van der Waals surface area (Å²) in [7, 11) is 1.26. The normalized spacial score (nSPS) is 13.3. The second kappa shape index (κ2) is 14.7. The van der Waals surface area contributed by atoms with Gasteiger partial charge >= 0.3 is 11.7 Å². The number of amides is 1. The molecule has 0 aliphatic carbocycles. The number of unbranched alkanes of at least 4 members (excludes halogenated alkanes) is 2. The highest BCUT2D eigenvalue weighted by Gasteiger charge is 2.35. The van der Waals surface area contributed by atoms with Gasteiger partial charge in [0.05, 0.1) is 13.7 Å². The summed E-state index contributed by atoms with van der Waals surface area (Å²) < 4.78 is 15.7. The van der Waals surface area contributed by atoms with Crippen molar-refractivity contribution in [3.8, 4) is 11.5 Å². The van der Waals surface area contributed by atoms with Crippen LogP contribution in [0, 0.1) is 18.3 Å². The van der Waals surface area contributed by atoms with Crippen LogP contribution in [0.2, 0.25) is 0 Å². The van der Waals surface area contributed by atoms with Crippen LogP contribution in [0.25, 0.3) is 0 Å². The summed E-state index contributed by atoms with van der Waals surface area (Å²) in [6.45, 7) is 12.4. The number of Topliss-reactive ketones (excluding diaryl/α,β-unsaturated/α-hetero) is 1. The highest BCUT2D eigenvalue weighted by atomic mass is 16.5. The summed E-state index contributed by atoms with van der Waals surface area (Å²) in [5.41, 5.74) is 0.534. The minimum Gasteiger partial charge on any atom is -0.507 e. The number of ketones is 1. The average molecular weight is 542 g/mol. The topological polar surface area (TPSA) is 115 Å². The molecule has 0 aliphatic heterocycles. The lowest BCUT2D eigenvalue weighted by molar-refractivity contribution is 0.0811. The van der Waals surface area contributed by atoms with Crippen LogP contribution >= 0.6 is 0 Å². The first-order valence-corrected chi connectivity index (χ1v) is 13.6. The van der Waals surface area contributed by atoms with Crippen LogP contribution in [0.15, 0.2) is 38.5 Å². The number of ether oxygens (including phenoxy) is 2. The molecule has 0 spiro atoms. The molecule has 0 saturated carbocycles. The summed E-state index contributed by atoms with van der Waals surface area (Å²) in [5.74, 6) is -0.395. The molecule has 2 aromatic rings. The number of benzene rings is 1. The van der Waals surface area contributed by atoms with Gasteiger partial charge in [-0.25, -0.2) is 9.59 Å². The second-order valence-corrected chi connectivity index (χ2v) is 10.9. The fraction of sp³-hybridized carbons (Fsp3) is 0.548. The van der Waals surface area contributed by atoms with Crippen molar-refractivity contribution in [1.29, 1.82) is 0 Å². The lowest BCUT2D eigenvalue weighted by Gasteiger charge is -2.31. The lowest BCUT2D eigenvalue weighted by atomic mass is 9.72. The van der Waals surface area contributed by atoms with Gasteiger partial charge in [-0.1, -0.05) is 47.1 Å². The molecule has 0 fully saturated rings. The number of carbonyl (C=O) groups is 2. The van der Waals surface area contributed by atoms with Crippen molar-refractivity contribution in [1.82, 2.24) is 0 Å². The Morgan fingerprint density at radius 1 is 1.18 bits per heavy atom. The minimum absolute atomic E-state index is 0.176. The molecule has 1 aromatic carbocycles. The van der Waals surface area contributed by atoms with Crippen molar-refractivity contribution < 1.29 is 28.6 Å². The number of aliphatic imine (C=N–C) groups is 1. The molecule has 8 heteroatoms. The molecule has 8 nitrogen and oxygen atoms in total. The maximum absolute atomic E-state index is 13.4. The molecule has 1 amide bonds.